The van der Waals surface area contributed by atoms with Crippen LogP contribution in [0.15, 0.2) is 53.5 Å². The van der Waals surface area contributed by atoms with Crippen molar-refractivity contribution < 1.29 is 0 Å². The Morgan fingerprint density at radius 2 is 1.64 bits per heavy atom. The van der Waals surface area contributed by atoms with Crippen LogP contribution < -0.4 is 11.5 Å². The molecule has 4 heteroatoms. The first-order valence-electron chi connectivity index (χ1n) is 8.19. The summed E-state index contributed by atoms with van der Waals surface area (Å²) >= 11 is 5.88. The van der Waals surface area contributed by atoms with Gasteiger partial charge in [0.1, 0.15) is 0 Å². The molecule has 2 aromatic rings. The number of hydrogen-bond acceptors (Lipinski definition) is 1. The van der Waals surface area contributed by atoms with Gasteiger partial charge in [0.15, 0.2) is 5.96 Å². The molecule has 0 fully saturated rings. The van der Waals surface area contributed by atoms with Gasteiger partial charge in [-0.3, -0.25) is 0 Å². The monoisotopic (exact) mass is 353 g/mol. The van der Waals surface area contributed by atoms with Gasteiger partial charge in [0.05, 0.1) is 6.04 Å². The molecule has 0 saturated carbocycles. The highest BCUT2D eigenvalue weighted by molar-refractivity contribution is 6.30. The first-order chi connectivity index (χ1) is 11.8. The van der Waals surface area contributed by atoms with Crippen LogP contribution in [0.3, 0.4) is 0 Å². The fourth-order valence-electron chi connectivity index (χ4n) is 2.41. The Kier molecular flexibility index (Phi) is 6.12. The minimum Gasteiger partial charge on any atom is -0.370 e. The predicted octanol–water partition coefficient (Wildman–Crippen LogP) is 4.39. The van der Waals surface area contributed by atoms with Crippen molar-refractivity contribution in [3.05, 3.63) is 70.2 Å². The van der Waals surface area contributed by atoms with Crippen molar-refractivity contribution in [2.24, 2.45) is 16.5 Å². The third kappa shape index (κ3) is 5.85. The molecular formula is C21H24ClN3. The quantitative estimate of drug-likeness (QED) is 0.488. The third-order valence-corrected chi connectivity index (χ3v) is 4.09. The van der Waals surface area contributed by atoms with Crippen molar-refractivity contribution in [3.8, 4) is 11.8 Å². The van der Waals surface area contributed by atoms with Gasteiger partial charge in [0.2, 0.25) is 0 Å². The third-order valence-electron chi connectivity index (χ3n) is 3.84. The number of nitrogens with zero attached hydrogens (tertiary/aromatic N) is 1. The SMILES string of the molecule is CC(C)(C)c1ccc(C(CC#Cc2ccc(Cl)cc2)N=C(N)N)cc1. The molecule has 0 heterocycles. The Bertz CT molecular complexity index is 784. The second-order valence-electron chi connectivity index (χ2n) is 6.95. The predicted molar refractivity (Wildman–Crippen MR) is 107 cm³/mol. The lowest BCUT2D eigenvalue weighted by atomic mass is 9.86. The fourth-order valence-corrected chi connectivity index (χ4v) is 2.53. The van der Waals surface area contributed by atoms with Gasteiger partial charge < -0.3 is 11.5 Å². The number of guanidine groups is 1. The Hall–Kier alpha value is -2.44. The van der Waals surface area contributed by atoms with Crippen molar-refractivity contribution in [3.63, 3.8) is 0 Å². The largest absolute Gasteiger partial charge is 0.370 e. The molecule has 25 heavy (non-hydrogen) atoms. The van der Waals surface area contributed by atoms with Crippen molar-refractivity contribution in [1.29, 1.82) is 0 Å². The van der Waals surface area contributed by atoms with E-state index in [0.29, 0.717) is 11.4 Å². The number of nitrogens with two attached hydrogens (primary N) is 2. The summed E-state index contributed by atoms with van der Waals surface area (Å²) < 4.78 is 0. The number of halogens is 1. The summed E-state index contributed by atoms with van der Waals surface area (Å²) in [7, 11) is 0. The van der Waals surface area contributed by atoms with Crippen LogP contribution in [0.4, 0.5) is 0 Å². The molecule has 1 unspecified atom stereocenters. The lowest BCUT2D eigenvalue weighted by Gasteiger charge is -2.20. The summed E-state index contributed by atoms with van der Waals surface area (Å²) in [6, 6.07) is 15.6. The molecule has 0 radical (unpaired) electrons. The number of aliphatic imine (C=N–C) groups is 1. The summed E-state index contributed by atoms with van der Waals surface area (Å²) in [5, 5.41) is 0.697. The average Bonchev–Trinajstić information content (AvgIpc) is 2.55. The maximum atomic E-state index is 5.88. The van der Waals surface area contributed by atoms with Gasteiger partial charge in [-0.25, -0.2) is 4.99 Å². The van der Waals surface area contributed by atoms with Gasteiger partial charge in [0, 0.05) is 17.0 Å². The van der Waals surface area contributed by atoms with Crippen LogP contribution >= 0.6 is 11.6 Å². The smallest absolute Gasteiger partial charge is 0.186 e. The first-order valence-corrected chi connectivity index (χ1v) is 8.57. The lowest BCUT2D eigenvalue weighted by Crippen LogP contribution is -2.23. The van der Waals surface area contributed by atoms with Crippen molar-refractivity contribution >= 4 is 17.6 Å². The number of benzene rings is 2. The van der Waals surface area contributed by atoms with E-state index in [0.717, 1.165) is 11.1 Å². The van der Waals surface area contributed by atoms with Crippen molar-refractivity contribution in [2.45, 2.75) is 38.6 Å². The Balaban J connectivity index is 2.19. The van der Waals surface area contributed by atoms with Crippen LogP contribution in [-0.2, 0) is 5.41 Å². The second-order valence-corrected chi connectivity index (χ2v) is 7.39. The molecule has 3 nitrogen and oxygen atoms in total. The zero-order valence-electron chi connectivity index (χ0n) is 14.9. The van der Waals surface area contributed by atoms with Gasteiger partial charge in [0.25, 0.3) is 0 Å². The molecule has 0 bridgehead atoms. The van der Waals surface area contributed by atoms with Crippen LogP contribution in [0.2, 0.25) is 5.02 Å². The Labute approximate surface area is 155 Å². The summed E-state index contributed by atoms with van der Waals surface area (Å²) in [6.45, 7) is 6.56. The van der Waals surface area contributed by atoms with E-state index in [-0.39, 0.29) is 17.4 Å². The van der Waals surface area contributed by atoms with Crippen LogP contribution in [0.1, 0.15) is 49.9 Å². The van der Waals surface area contributed by atoms with Gasteiger partial charge >= 0.3 is 0 Å². The summed E-state index contributed by atoms with van der Waals surface area (Å²) in [4.78, 5) is 4.33. The normalized spacial score (nSPS) is 12.0. The first kappa shape index (κ1) is 18.9. The van der Waals surface area contributed by atoms with Gasteiger partial charge in [-0.1, -0.05) is 68.5 Å². The fraction of sp³-hybridized carbons (Fsp3) is 0.286. The molecule has 130 valence electrons. The van der Waals surface area contributed by atoms with Crippen LogP contribution in [0.25, 0.3) is 0 Å². The van der Waals surface area contributed by atoms with Gasteiger partial charge in [-0.15, -0.1) is 0 Å². The van der Waals surface area contributed by atoms with Gasteiger partial charge in [-0.05, 0) is 40.8 Å². The zero-order chi connectivity index (χ0) is 18.4. The van der Waals surface area contributed by atoms with Crippen LogP contribution in [0.5, 0.6) is 0 Å². The van der Waals surface area contributed by atoms with E-state index in [9.17, 15) is 0 Å². The highest BCUT2D eigenvalue weighted by atomic mass is 35.5. The lowest BCUT2D eigenvalue weighted by molar-refractivity contribution is 0.589. The topological polar surface area (TPSA) is 64.4 Å². The Morgan fingerprint density at radius 1 is 1.04 bits per heavy atom. The highest BCUT2D eigenvalue weighted by Crippen LogP contribution is 2.26. The molecular weight excluding hydrogens is 330 g/mol. The summed E-state index contributed by atoms with van der Waals surface area (Å²) in [5.41, 5.74) is 14.5. The van der Waals surface area contributed by atoms with Crippen LogP contribution in [-0.4, -0.2) is 5.96 Å². The minimum absolute atomic E-state index is 0.0678. The van der Waals surface area contributed by atoms with Crippen LogP contribution in [0, 0.1) is 11.8 Å². The summed E-state index contributed by atoms with van der Waals surface area (Å²) in [5.74, 6) is 6.35. The van der Waals surface area contributed by atoms with E-state index < -0.39 is 0 Å². The van der Waals surface area contributed by atoms with E-state index >= 15 is 0 Å². The maximum Gasteiger partial charge on any atom is 0.186 e. The maximum absolute atomic E-state index is 5.88. The van der Waals surface area contributed by atoms with Gasteiger partial charge in [-0.2, -0.15) is 0 Å². The highest BCUT2D eigenvalue weighted by Gasteiger charge is 2.15. The van der Waals surface area contributed by atoms with E-state index in [1.807, 2.05) is 24.3 Å². The molecule has 2 rings (SSSR count). The zero-order valence-corrected chi connectivity index (χ0v) is 15.6. The number of hydrogen-bond donors (Lipinski definition) is 2. The minimum atomic E-state index is -0.182. The van der Waals surface area contributed by atoms with E-state index in [1.165, 1.54) is 5.56 Å². The van der Waals surface area contributed by atoms with Crippen molar-refractivity contribution in [1.82, 2.24) is 0 Å². The van der Waals surface area contributed by atoms with E-state index in [4.69, 9.17) is 23.1 Å². The Morgan fingerprint density at radius 3 is 2.16 bits per heavy atom. The molecule has 0 aliphatic carbocycles. The average molecular weight is 354 g/mol. The molecule has 2 aromatic carbocycles. The molecule has 0 aliphatic heterocycles. The number of rotatable bonds is 3. The second kappa shape index (κ2) is 8.09. The molecule has 1 atom stereocenters. The van der Waals surface area contributed by atoms with E-state index in [2.05, 4.69) is 61.9 Å². The molecule has 4 N–H and O–H groups in total. The molecule has 0 saturated heterocycles. The molecule has 0 aromatic heterocycles. The van der Waals surface area contributed by atoms with Crippen molar-refractivity contribution in [2.75, 3.05) is 0 Å². The standard InChI is InChI=1S/C21H24ClN3/c1-21(2,3)17-11-9-16(10-12-17)19(25-20(23)24)6-4-5-15-7-13-18(22)14-8-15/h7-14,19H,6H2,1-3H3,(H4,23,24,25). The molecule has 0 spiro atoms. The summed E-state index contributed by atoms with van der Waals surface area (Å²) in [6.07, 6.45) is 0.537. The molecule has 0 aliphatic rings. The van der Waals surface area contributed by atoms with E-state index in [1.54, 1.807) is 0 Å². The molecule has 0 amide bonds.